The number of nitrogens with one attached hydrogen (secondary N) is 1. The molecule has 0 radical (unpaired) electrons. The van der Waals surface area contributed by atoms with E-state index in [2.05, 4.69) is 20.4 Å². The molecule has 0 saturated heterocycles. The van der Waals surface area contributed by atoms with Gasteiger partial charge in [-0.05, 0) is 36.8 Å². The van der Waals surface area contributed by atoms with E-state index in [1.807, 2.05) is 55.5 Å². The maximum Gasteiger partial charge on any atom is 0.271 e. The molecule has 1 atom stereocenters. The fraction of sp³-hybridized carbons (Fsp3) is 0.100. The lowest BCUT2D eigenvalue weighted by atomic mass is 10.1. The highest BCUT2D eigenvalue weighted by Crippen LogP contribution is 2.26. The minimum absolute atomic E-state index is 0.159. The van der Waals surface area contributed by atoms with Gasteiger partial charge in [0.25, 0.3) is 5.91 Å². The van der Waals surface area contributed by atoms with Crippen LogP contribution in [-0.4, -0.2) is 25.7 Å². The Morgan fingerprint density at radius 3 is 2.75 bits per heavy atom. The van der Waals surface area contributed by atoms with Crippen molar-refractivity contribution in [1.29, 1.82) is 0 Å². The number of nitrogens with zero attached hydrogens (tertiary/aromatic N) is 4. The third-order valence-electron chi connectivity index (χ3n) is 4.23. The number of carbonyl (C=O) groups is 1. The van der Waals surface area contributed by atoms with Gasteiger partial charge in [-0.2, -0.15) is 5.10 Å². The molecule has 0 saturated carbocycles. The van der Waals surface area contributed by atoms with E-state index in [1.165, 1.54) is 17.7 Å². The summed E-state index contributed by atoms with van der Waals surface area (Å²) in [6.07, 6.45) is 3.13. The molecule has 0 fully saturated rings. The number of thiazole rings is 1. The number of carbonyl (C=O) groups excluding carboxylic acids is 1. The number of amides is 1. The van der Waals surface area contributed by atoms with Gasteiger partial charge in [-0.25, -0.2) is 14.6 Å². The molecule has 0 aliphatic heterocycles. The highest BCUT2D eigenvalue weighted by atomic mass is 35.5. The molecule has 0 spiro atoms. The second-order valence-electron chi connectivity index (χ2n) is 6.17. The molecule has 1 amide bonds. The molecule has 2 aromatic carbocycles. The Kier molecular flexibility index (Phi) is 5.18. The number of rotatable bonds is 5. The number of hydrogen-bond donors (Lipinski definition) is 1. The standard InChI is InChI=1S/C20H16ClN5OS/c1-13(14-5-7-17(8-6-14)26-12-22-11-23-26)24-19(27)18-10-28-20(25-18)15-3-2-4-16(21)9-15/h2-13H,1H3,(H,24,27)/t13-/m0/s1. The second kappa shape index (κ2) is 7.92. The number of aromatic nitrogens is 4. The fourth-order valence-corrected chi connectivity index (χ4v) is 3.73. The SMILES string of the molecule is C[C@H](NC(=O)c1csc(-c2cccc(Cl)c2)n1)c1ccc(-n2cncn2)cc1. The molecule has 4 aromatic rings. The van der Waals surface area contributed by atoms with Crippen LogP contribution in [0.2, 0.25) is 5.02 Å². The van der Waals surface area contributed by atoms with Gasteiger partial charge in [0.05, 0.1) is 11.7 Å². The Morgan fingerprint density at radius 2 is 2.04 bits per heavy atom. The highest BCUT2D eigenvalue weighted by molar-refractivity contribution is 7.13. The summed E-state index contributed by atoms with van der Waals surface area (Å²) in [5.74, 6) is -0.211. The molecule has 0 unspecified atom stereocenters. The van der Waals surface area contributed by atoms with Crippen LogP contribution in [0.3, 0.4) is 0 Å². The summed E-state index contributed by atoms with van der Waals surface area (Å²) in [5.41, 5.74) is 3.19. The summed E-state index contributed by atoms with van der Waals surface area (Å²) < 4.78 is 1.68. The Labute approximate surface area is 170 Å². The Bertz CT molecular complexity index is 1090. The molecule has 8 heteroatoms. The highest BCUT2D eigenvalue weighted by Gasteiger charge is 2.15. The van der Waals surface area contributed by atoms with Gasteiger partial charge in [-0.15, -0.1) is 11.3 Å². The van der Waals surface area contributed by atoms with E-state index in [0.29, 0.717) is 10.7 Å². The number of halogens is 1. The summed E-state index contributed by atoms with van der Waals surface area (Å²) in [7, 11) is 0. The smallest absolute Gasteiger partial charge is 0.271 e. The molecule has 2 aromatic heterocycles. The molecule has 28 heavy (non-hydrogen) atoms. The van der Waals surface area contributed by atoms with Crippen LogP contribution in [0.15, 0.2) is 66.6 Å². The molecule has 140 valence electrons. The summed E-state index contributed by atoms with van der Waals surface area (Å²) in [6, 6.07) is 15.1. The van der Waals surface area contributed by atoms with Crippen LogP contribution in [-0.2, 0) is 0 Å². The van der Waals surface area contributed by atoms with Gasteiger partial charge < -0.3 is 5.32 Å². The number of hydrogen-bond acceptors (Lipinski definition) is 5. The lowest BCUT2D eigenvalue weighted by Gasteiger charge is -2.14. The molecular weight excluding hydrogens is 394 g/mol. The maximum atomic E-state index is 12.6. The van der Waals surface area contributed by atoms with Crippen molar-refractivity contribution in [3.63, 3.8) is 0 Å². The van der Waals surface area contributed by atoms with Crippen molar-refractivity contribution in [2.24, 2.45) is 0 Å². The van der Waals surface area contributed by atoms with E-state index in [-0.39, 0.29) is 11.9 Å². The third-order valence-corrected chi connectivity index (χ3v) is 5.36. The molecular formula is C20H16ClN5OS. The molecule has 0 aliphatic rings. The van der Waals surface area contributed by atoms with E-state index >= 15 is 0 Å². The quantitative estimate of drug-likeness (QED) is 0.525. The zero-order chi connectivity index (χ0) is 19.5. The van der Waals surface area contributed by atoms with Crippen molar-refractivity contribution in [3.8, 4) is 16.3 Å². The summed E-state index contributed by atoms with van der Waals surface area (Å²) in [5, 5.41) is 10.2. The van der Waals surface area contributed by atoms with Crippen molar-refractivity contribution in [1.82, 2.24) is 25.1 Å². The van der Waals surface area contributed by atoms with Gasteiger partial charge in [-0.1, -0.05) is 35.9 Å². The summed E-state index contributed by atoms with van der Waals surface area (Å²) >= 11 is 7.45. The van der Waals surface area contributed by atoms with Gasteiger partial charge in [0.15, 0.2) is 0 Å². The topological polar surface area (TPSA) is 72.7 Å². The number of benzene rings is 2. The molecule has 2 heterocycles. The minimum Gasteiger partial charge on any atom is -0.344 e. The maximum absolute atomic E-state index is 12.6. The normalized spacial score (nSPS) is 11.9. The van der Waals surface area contributed by atoms with Crippen LogP contribution in [0.1, 0.15) is 29.0 Å². The lowest BCUT2D eigenvalue weighted by Crippen LogP contribution is -2.26. The fourth-order valence-electron chi connectivity index (χ4n) is 2.74. The predicted octanol–water partition coefficient (Wildman–Crippen LogP) is 4.54. The Morgan fingerprint density at radius 1 is 1.21 bits per heavy atom. The van der Waals surface area contributed by atoms with E-state index in [0.717, 1.165) is 21.8 Å². The van der Waals surface area contributed by atoms with Crippen molar-refractivity contribution in [3.05, 3.63) is 82.8 Å². The zero-order valence-corrected chi connectivity index (χ0v) is 16.5. The zero-order valence-electron chi connectivity index (χ0n) is 14.9. The molecule has 4 rings (SSSR count). The van der Waals surface area contributed by atoms with Crippen molar-refractivity contribution < 1.29 is 4.79 Å². The van der Waals surface area contributed by atoms with Crippen LogP contribution in [0.5, 0.6) is 0 Å². The van der Waals surface area contributed by atoms with Gasteiger partial charge >= 0.3 is 0 Å². The minimum atomic E-state index is -0.211. The van der Waals surface area contributed by atoms with Crippen molar-refractivity contribution in [2.45, 2.75) is 13.0 Å². The average molecular weight is 410 g/mol. The van der Waals surface area contributed by atoms with Crippen LogP contribution in [0.25, 0.3) is 16.3 Å². The van der Waals surface area contributed by atoms with E-state index in [1.54, 1.807) is 16.4 Å². The van der Waals surface area contributed by atoms with Crippen molar-refractivity contribution in [2.75, 3.05) is 0 Å². The first-order chi connectivity index (χ1) is 13.6. The van der Waals surface area contributed by atoms with Crippen LogP contribution in [0, 0.1) is 0 Å². The van der Waals surface area contributed by atoms with Crippen LogP contribution in [0.4, 0.5) is 0 Å². The largest absolute Gasteiger partial charge is 0.344 e. The van der Waals surface area contributed by atoms with E-state index in [4.69, 9.17) is 11.6 Å². The first-order valence-electron chi connectivity index (χ1n) is 8.57. The van der Waals surface area contributed by atoms with Crippen molar-refractivity contribution >= 4 is 28.8 Å². The average Bonchev–Trinajstić information content (AvgIpc) is 3.40. The molecule has 6 nitrogen and oxygen atoms in total. The molecule has 0 bridgehead atoms. The monoisotopic (exact) mass is 409 g/mol. The molecule has 0 aliphatic carbocycles. The van der Waals surface area contributed by atoms with Gasteiger partial charge in [0.1, 0.15) is 23.4 Å². The first-order valence-corrected chi connectivity index (χ1v) is 9.83. The summed E-state index contributed by atoms with van der Waals surface area (Å²) in [6.45, 7) is 1.94. The lowest BCUT2D eigenvalue weighted by molar-refractivity contribution is 0.0935. The third kappa shape index (κ3) is 3.95. The van der Waals surface area contributed by atoms with E-state index in [9.17, 15) is 4.79 Å². The second-order valence-corrected chi connectivity index (χ2v) is 7.47. The van der Waals surface area contributed by atoms with Gasteiger partial charge in [0.2, 0.25) is 0 Å². The van der Waals surface area contributed by atoms with Crippen LogP contribution >= 0.6 is 22.9 Å². The Balaban J connectivity index is 1.45. The first kappa shape index (κ1) is 18.3. The van der Waals surface area contributed by atoms with Gasteiger partial charge in [0, 0.05) is 16.0 Å². The predicted molar refractivity (Wildman–Crippen MR) is 110 cm³/mol. The van der Waals surface area contributed by atoms with E-state index < -0.39 is 0 Å². The van der Waals surface area contributed by atoms with Crippen LogP contribution < -0.4 is 5.32 Å². The van der Waals surface area contributed by atoms with Gasteiger partial charge in [-0.3, -0.25) is 4.79 Å². The Hall–Kier alpha value is -3.03. The summed E-state index contributed by atoms with van der Waals surface area (Å²) in [4.78, 5) is 21.0. The molecule has 1 N–H and O–H groups in total.